The number of hydrogen-bond acceptors (Lipinski definition) is 7. The van der Waals surface area contributed by atoms with Crippen LogP contribution in [0, 0.1) is 5.82 Å². The van der Waals surface area contributed by atoms with Crippen LogP contribution in [0.3, 0.4) is 0 Å². The molecule has 0 saturated carbocycles. The van der Waals surface area contributed by atoms with Crippen LogP contribution >= 0.6 is 0 Å². The first-order valence-electron chi connectivity index (χ1n) is 10.6. The van der Waals surface area contributed by atoms with Crippen LogP contribution in [0.2, 0.25) is 0 Å². The van der Waals surface area contributed by atoms with E-state index in [4.69, 9.17) is 14.0 Å². The Morgan fingerprint density at radius 2 is 1.69 bits per heavy atom. The van der Waals surface area contributed by atoms with Gasteiger partial charge < -0.3 is 20.1 Å². The number of para-hydroxylation sites is 1. The predicted octanol–water partition coefficient (Wildman–Crippen LogP) is 3.55. The molecule has 0 saturated heterocycles. The first-order chi connectivity index (χ1) is 17.4. The summed E-state index contributed by atoms with van der Waals surface area (Å²) in [5, 5.41) is 9.07. The fraction of sp³-hybridized carbons (Fsp3) is 0.120. The van der Waals surface area contributed by atoms with E-state index in [1.165, 1.54) is 44.6 Å². The van der Waals surface area contributed by atoms with Crippen molar-refractivity contribution in [2.24, 2.45) is 0 Å². The van der Waals surface area contributed by atoms with E-state index in [-0.39, 0.29) is 17.1 Å². The van der Waals surface area contributed by atoms with Crippen LogP contribution in [0.1, 0.15) is 10.4 Å². The molecule has 36 heavy (non-hydrogen) atoms. The van der Waals surface area contributed by atoms with E-state index in [9.17, 15) is 18.8 Å². The van der Waals surface area contributed by atoms with Crippen molar-refractivity contribution in [1.29, 1.82) is 0 Å². The Kier molecular flexibility index (Phi) is 7.10. The third kappa shape index (κ3) is 5.25. The zero-order chi connectivity index (χ0) is 25.7. The third-order valence-corrected chi connectivity index (χ3v) is 5.18. The molecule has 0 unspecified atom stereocenters. The summed E-state index contributed by atoms with van der Waals surface area (Å²) < 4.78 is 29.5. The Morgan fingerprint density at radius 1 is 0.972 bits per heavy atom. The van der Waals surface area contributed by atoms with Crippen LogP contribution in [-0.2, 0) is 11.3 Å². The van der Waals surface area contributed by atoms with Crippen molar-refractivity contribution in [3.63, 3.8) is 0 Å². The number of hydrogen-bond donors (Lipinski definition) is 2. The molecule has 1 heterocycles. The van der Waals surface area contributed by atoms with Gasteiger partial charge in [0.15, 0.2) is 17.3 Å². The van der Waals surface area contributed by atoms with Crippen molar-refractivity contribution in [2.75, 3.05) is 24.9 Å². The van der Waals surface area contributed by atoms with E-state index in [0.717, 1.165) is 4.57 Å². The molecule has 0 bridgehead atoms. The highest BCUT2D eigenvalue weighted by Crippen LogP contribution is 2.31. The second-order valence-electron chi connectivity index (χ2n) is 7.48. The van der Waals surface area contributed by atoms with Crippen LogP contribution in [0.15, 0.2) is 76.0 Å². The maximum absolute atomic E-state index is 13.1. The van der Waals surface area contributed by atoms with Crippen LogP contribution in [0.4, 0.5) is 15.8 Å². The van der Waals surface area contributed by atoms with Crippen molar-refractivity contribution in [1.82, 2.24) is 9.72 Å². The number of rotatable bonds is 8. The van der Waals surface area contributed by atoms with E-state index in [2.05, 4.69) is 15.8 Å². The summed E-state index contributed by atoms with van der Waals surface area (Å²) in [6, 6.07) is 16.5. The maximum atomic E-state index is 13.1. The van der Waals surface area contributed by atoms with Gasteiger partial charge in [-0.05, 0) is 54.6 Å². The minimum Gasteiger partial charge on any atom is -0.493 e. The summed E-state index contributed by atoms with van der Waals surface area (Å²) >= 11 is 0. The molecule has 0 fully saturated rings. The lowest BCUT2D eigenvalue weighted by molar-refractivity contribution is -0.116. The van der Waals surface area contributed by atoms with Crippen LogP contribution in [0.5, 0.6) is 11.5 Å². The minimum atomic E-state index is -0.836. The molecule has 0 spiro atoms. The quantitative estimate of drug-likeness (QED) is 0.385. The number of methoxy groups -OCH3 is 2. The zero-order valence-corrected chi connectivity index (χ0v) is 19.3. The summed E-state index contributed by atoms with van der Waals surface area (Å²) in [5.74, 6) is -1.38. The molecular formula is C25H21FN4O6. The molecular weight excluding hydrogens is 471 g/mol. The summed E-state index contributed by atoms with van der Waals surface area (Å²) in [7, 11) is 2.96. The van der Waals surface area contributed by atoms with Gasteiger partial charge >= 0.3 is 5.76 Å². The Morgan fingerprint density at radius 3 is 2.42 bits per heavy atom. The topological polar surface area (TPSA) is 125 Å². The van der Waals surface area contributed by atoms with Gasteiger partial charge in [0.2, 0.25) is 5.91 Å². The number of carbonyl (C=O) groups excluding carboxylic acids is 2. The number of nitrogens with zero attached hydrogens (tertiary/aromatic N) is 2. The van der Waals surface area contributed by atoms with Crippen LogP contribution < -0.4 is 25.9 Å². The number of carbonyl (C=O) groups is 2. The molecule has 0 aliphatic heterocycles. The second-order valence-corrected chi connectivity index (χ2v) is 7.48. The standard InChI is InChI=1S/C25H21FN4O6/c1-34-20-12-7-15(13-21(20)35-2)23-29-36-25(33)30(23)14-22(31)28-19-6-4-3-5-18(19)24(32)27-17-10-8-16(26)9-11-17/h3-13H,14H2,1-2H3,(H,27,32)(H,28,31). The molecule has 1 aromatic heterocycles. The summed E-state index contributed by atoms with van der Waals surface area (Å²) in [6.07, 6.45) is 0. The van der Waals surface area contributed by atoms with Gasteiger partial charge in [0.1, 0.15) is 12.4 Å². The van der Waals surface area contributed by atoms with E-state index in [1.807, 2.05) is 0 Å². The summed E-state index contributed by atoms with van der Waals surface area (Å²) in [5.41, 5.74) is 1.25. The molecule has 0 atom stereocenters. The molecule has 4 rings (SSSR count). The largest absolute Gasteiger partial charge is 0.493 e. The van der Waals surface area contributed by atoms with E-state index in [0.29, 0.717) is 22.7 Å². The first kappa shape index (κ1) is 24.2. The molecule has 184 valence electrons. The molecule has 2 amide bonds. The van der Waals surface area contributed by atoms with Crippen molar-refractivity contribution in [2.45, 2.75) is 6.54 Å². The van der Waals surface area contributed by atoms with E-state index >= 15 is 0 Å². The van der Waals surface area contributed by atoms with Gasteiger partial charge in [-0.15, -0.1) is 0 Å². The van der Waals surface area contributed by atoms with Gasteiger partial charge in [0, 0.05) is 11.3 Å². The number of ether oxygens (including phenoxy) is 2. The molecule has 10 nitrogen and oxygen atoms in total. The fourth-order valence-corrected chi connectivity index (χ4v) is 3.45. The third-order valence-electron chi connectivity index (χ3n) is 5.18. The molecule has 11 heteroatoms. The highest BCUT2D eigenvalue weighted by molar-refractivity contribution is 6.10. The summed E-state index contributed by atoms with van der Waals surface area (Å²) in [6.45, 7) is -0.431. The van der Waals surface area contributed by atoms with Crippen LogP contribution in [0.25, 0.3) is 11.4 Å². The van der Waals surface area contributed by atoms with Crippen LogP contribution in [-0.4, -0.2) is 35.8 Å². The normalized spacial score (nSPS) is 10.5. The Bertz CT molecular complexity index is 1460. The van der Waals surface area contributed by atoms with Gasteiger partial charge in [-0.1, -0.05) is 17.3 Å². The number of nitrogens with one attached hydrogen (secondary N) is 2. The van der Waals surface area contributed by atoms with Gasteiger partial charge in [0.05, 0.1) is 25.5 Å². The minimum absolute atomic E-state index is 0.110. The lowest BCUT2D eigenvalue weighted by Crippen LogP contribution is -2.26. The van der Waals surface area contributed by atoms with Gasteiger partial charge in [-0.2, -0.15) is 0 Å². The SMILES string of the molecule is COc1ccc(-c2noc(=O)n2CC(=O)Nc2ccccc2C(=O)Nc2ccc(F)cc2)cc1OC. The Balaban J connectivity index is 1.54. The lowest BCUT2D eigenvalue weighted by atomic mass is 10.1. The van der Waals surface area contributed by atoms with Crippen molar-refractivity contribution < 1.29 is 28.0 Å². The zero-order valence-electron chi connectivity index (χ0n) is 19.3. The molecule has 2 N–H and O–H groups in total. The van der Waals surface area contributed by atoms with Gasteiger partial charge in [0.25, 0.3) is 5.91 Å². The number of anilines is 2. The molecule has 4 aromatic rings. The average molecular weight is 492 g/mol. The predicted molar refractivity (Wildman–Crippen MR) is 129 cm³/mol. The van der Waals surface area contributed by atoms with E-state index in [1.54, 1.807) is 36.4 Å². The number of benzene rings is 3. The number of aromatic nitrogens is 2. The highest BCUT2D eigenvalue weighted by atomic mass is 19.1. The monoisotopic (exact) mass is 492 g/mol. The number of halogens is 1. The first-order valence-corrected chi connectivity index (χ1v) is 10.6. The average Bonchev–Trinajstić information content (AvgIpc) is 3.24. The summed E-state index contributed by atoms with van der Waals surface area (Å²) in [4.78, 5) is 37.9. The molecule has 0 aliphatic rings. The fourth-order valence-electron chi connectivity index (χ4n) is 3.45. The van der Waals surface area contributed by atoms with Gasteiger partial charge in [-0.3, -0.25) is 14.1 Å². The second kappa shape index (κ2) is 10.6. The molecule has 0 aliphatic carbocycles. The van der Waals surface area contributed by atoms with E-state index < -0.39 is 29.9 Å². The Hall–Kier alpha value is -4.93. The molecule has 3 aromatic carbocycles. The highest BCUT2D eigenvalue weighted by Gasteiger charge is 2.19. The van der Waals surface area contributed by atoms with Crippen molar-refractivity contribution in [3.05, 3.63) is 88.7 Å². The Labute approximate surface area is 204 Å². The molecule has 0 radical (unpaired) electrons. The lowest BCUT2D eigenvalue weighted by Gasteiger charge is -2.12. The number of amides is 2. The van der Waals surface area contributed by atoms with Crippen molar-refractivity contribution in [3.8, 4) is 22.9 Å². The smallest absolute Gasteiger partial charge is 0.442 e. The van der Waals surface area contributed by atoms with Crippen molar-refractivity contribution >= 4 is 23.2 Å². The van der Waals surface area contributed by atoms with Gasteiger partial charge in [-0.25, -0.2) is 13.8 Å². The maximum Gasteiger partial charge on any atom is 0.442 e.